The van der Waals surface area contributed by atoms with Gasteiger partial charge in [-0.2, -0.15) is 0 Å². The van der Waals surface area contributed by atoms with Gasteiger partial charge < -0.3 is 38.4 Å². The normalized spacial score (nSPS) is 14.5. The monoisotopic (exact) mass is 590 g/mol. The quantitative estimate of drug-likeness (QED) is 0.107. The topological polar surface area (TPSA) is 206 Å². The average Bonchev–Trinajstić information content (AvgIpc) is 3.11. The molecule has 7 N–H and O–H groups in total. The van der Waals surface area contributed by atoms with Crippen molar-refractivity contribution in [3.63, 3.8) is 0 Å². The molecule has 1 aliphatic rings. The van der Waals surface area contributed by atoms with E-state index in [0.717, 1.165) is 38.5 Å². The third kappa shape index (κ3) is 22.6. The highest BCUT2D eigenvalue weighted by atomic mass is 31.2. The standard InChI is InChI=1S/C13H16N2O2.C8H19O3P.2H3O3P/c1-2-3-9-11-12(16)14-15(13(11)17)10-7-5-4-6-8-10;1-3-5-7-10-12(9)11-8-6-4-2;2*1-4(2)3/h4-8,11H,2-3,9H2,1H3,(H,14,16);9H,3-8H2,1-2H3;4H,(H2,1,2,3);1-3H. The Kier molecular flexibility index (Phi) is 26.0. The van der Waals surface area contributed by atoms with Gasteiger partial charge in [-0.25, -0.2) is 5.01 Å². The van der Waals surface area contributed by atoms with Crippen LogP contribution in [0.1, 0.15) is 65.7 Å². The van der Waals surface area contributed by atoms with E-state index in [4.69, 9.17) is 43.0 Å². The molecule has 16 heteroatoms. The molecule has 0 aromatic heterocycles. The van der Waals surface area contributed by atoms with Gasteiger partial charge in [0.2, 0.25) is 0 Å². The lowest BCUT2D eigenvalue weighted by Gasteiger charge is -2.14. The Morgan fingerprint density at radius 1 is 0.892 bits per heavy atom. The van der Waals surface area contributed by atoms with Gasteiger partial charge in [-0.1, -0.05) is 64.7 Å². The first kappa shape index (κ1) is 38.1. The van der Waals surface area contributed by atoms with Crippen molar-refractivity contribution in [2.45, 2.75) is 65.7 Å². The van der Waals surface area contributed by atoms with Crippen molar-refractivity contribution >= 4 is 43.0 Å². The maximum atomic E-state index is 12.1. The Labute approximate surface area is 221 Å². The number of benzene rings is 1. The molecule has 1 aromatic rings. The van der Waals surface area contributed by atoms with Gasteiger partial charge in [0.15, 0.2) is 0 Å². The number of hydrazine groups is 1. The molecule has 1 atom stereocenters. The second-order valence-corrected chi connectivity index (χ2v) is 9.44. The van der Waals surface area contributed by atoms with Crippen LogP contribution in [-0.2, 0) is 23.2 Å². The number of hydrogen-bond acceptors (Lipinski definition) is 9. The highest BCUT2D eigenvalue weighted by Gasteiger charge is 2.39. The van der Waals surface area contributed by atoms with Crippen LogP contribution in [0.25, 0.3) is 0 Å². The summed E-state index contributed by atoms with van der Waals surface area (Å²) >= 11 is 0. The highest BCUT2D eigenvalue weighted by molar-refractivity contribution is 7.40. The van der Waals surface area contributed by atoms with Crippen LogP contribution in [0.15, 0.2) is 30.3 Å². The van der Waals surface area contributed by atoms with E-state index in [9.17, 15) is 9.59 Å². The summed E-state index contributed by atoms with van der Waals surface area (Å²) in [5.41, 5.74) is 3.34. The molecule has 1 fully saturated rings. The Morgan fingerprint density at radius 2 is 1.32 bits per heavy atom. The van der Waals surface area contributed by atoms with E-state index in [2.05, 4.69) is 19.3 Å². The molecular formula is C21H41N2O11P3. The Balaban J connectivity index is 0. The van der Waals surface area contributed by atoms with Gasteiger partial charge >= 0.3 is 25.5 Å². The number of nitrogens with one attached hydrogen (secondary N) is 1. The van der Waals surface area contributed by atoms with Crippen LogP contribution in [0.4, 0.5) is 5.69 Å². The lowest BCUT2D eigenvalue weighted by Crippen LogP contribution is -2.35. The van der Waals surface area contributed by atoms with E-state index in [1.165, 1.54) is 5.01 Å². The van der Waals surface area contributed by atoms with Gasteiger partial charge in [0.25, 0.3) is 11.8 Å². The zero-order valence-corrected chi connectivity index (χ0v) is 24.2. The summed E-state index contributed by atoms with van der Waals surface area (Å²) in [7, 11) is -7.35. The van der Waals surface area contributed by atoms with Gasteiger partial charge in [-0.05, 0) is 31.4 Å². The Bertz CT molecular complexity index is 716. The van der Waals surface area contributed by atoms with Crippen LogP contribution in [0.3, 0.4) is 0 Å². The molecule has 0 spiro atoms. The summed E-state index contributed by atoms with van der Waals surface area (Å²) in [6.45, 7) is 7.42. The molecular weight excluding hydrogens is 549 g/mol. The molecule has 2 rings (SSSR count). The number of carbonyl (C=O) groups is 2. The van der Waals surface area contributed by atoms with Crippen molar-refractivity contribution in [3.05, 3.63) is 30.3 Å². The molecule has 0 radical (unpaired) electrons. The summed E-state index contributed by atoms with van der Waals surface area (Å²) in [6.07, 6.45) is 6.64. The van der Waals surface area contributed by atoms with Crippen molar-refractivity contribution in [2.24, 2.45) is 5.92 Å². The number of unbranched alkanes of at least 4 members (excludes halogenated alkanes) is 3. The van der Waals surface area contributed by atoms with E-state index in [1.807, 2.05) is 25.1 Å². The first-order valence-electron chi connectivity index (χ1n) is 11.7. The number of hydrogen-bond donors (Lipinski definition) is 7. The molecule has 1 heterocycles. The fourth-order valence-electron chi connectivity index (χ4n) is 2.55. The second-order valence-electron chi connectivity index (χ2n) is 7.34. The molecule has 1 saturated heterocycles. The fraction of sp³-hybridized carbons (Fsp3) is 0.619. The minimum Gasteiger partial charge on any atom is -0.328 e. The first-order chi connectivity index (χ1) is 17.5. The van der Waals surface area contributed by atoms with Crippen molar-refractivity contribution < 1.29 is 52.6 Å². The highest BCUT2D eigenvalue weighted by Crippen LogP contribution is 2.32. The number of amides is 2. The lowest BCUT2D eigenvalue weighted by molar-refractivity contribution is -0.127. The van der Waals surface area contributed by atoms with E-state index in [0.29, 0.717) is 25.3 Å². The molecule has 0 saturated carbocycles. The number of nitrogens with zero attached hydrogens (tertiary/aromatic N) is 1. The van der Waals surface area contributed by atoms with E-state index < -0.39 is 31.4 Å². The van der Waals surface area contributed by atoms with Gasteiger partial charge in [0.1, 0.15) is 5.92 Å². The zero-order chi connectivity index (χ0) is 28.6. The minimum absolute atomic E-state index is 0.144. The van der Waals surface area contributed by atoms with Crippen molar-refractivity contribution in [1.29, 1.82) is 0 Å². The van der Waals surface area contributed by atoms with Crippen LogP contribution >= 0.6 is 25.5 Å². The SMILES string of the molecule is CCCCC1C(=O)NN(c2ccccc2)C1=O.CCCCOP(O)OCCCC.O=[PH](O)O.OP(O)O. The van der Waals surface area contributed by atoms with Crippen molar-refractivity contribution in [1.82, 2.24) is 5.43 Å². The van der Waals surface area contributed by atoms with E-state index >= 15 is 0 Å². The predicted molar refractivity (Wildman–Crippen MR) is 143 cm³/mol. The summed E-state index contributed by atoms with van der Waals surface area (Å²) in [4.78, 5) is 68.9. The summed E-state index contributed by atoms with van der Waals surface area (Å²) < 4.78 is 18.8. The van der Waals surface area contributed by atoms with Crippen LogP contribution < -0.4 is 10.4 Å². The fourth-order valence-corrected chi connectivity index (χ4v) is 3.20. The molecule has 0 aliphatic carbocycles. The number of rotatable bonds is 12. The van der Waals surface area contributed by atoms with Gasteiger partial charge in [-0.3, -0.25) is 19.6 Å². The van der Waals surface area contributed by atoms with Crippen LogP contribution in [0.5, 0.6) is 0 Å². The molecule has 13 nitrogen and oxygen atoms in total. The largest absolute Gasteiger partial charge is 0.329 e. The third-order valence-corrected chi connectivity index (χ3v) is 5.12. The molecule has 1 aliphatic heterocycles. The maximum absolute atomic E-state index is 12.1. The van der Waals surface area contributed by atoms with Gasteiger partial charge in [0.05, 0.1) is 18.9 Å². The average molecular weight is 590 g/mol. The molecule has 216 valence electrons. The second kappa shape index (κ2) is 25.2. The Morgan fingerprint density at radius 3 is 1.73 bits per heavy atom. The van der Waals surface area contributed by atoms with Crippen molar-refractivity contribution in [3.8, 4) is 0 Å². The van der Waals surface area contributed by atoms with Gasteiger partial charge in [0, 0.05) is 0 Å². The van der Waals surface area contributed by atoms with Gasteiger partial charge in [-0.15, -0.1) is 0 Å². The predicted octanol–water partition coefficient (Wildman–Crippen LogP) is 3.26. The van der Waals surface area contributed by atoms with E-state index in [1.54, 1.807) is 12.1 Å². The smallest absolute Gasteiger partial charge is 0.328 e. The number of carbonyl (C=O) groups excluding carboxylic acids is 2. The maximum Gasteiger partial charge on any atom is 0.329 e. The Hall–Kier alpha value is -1.07. The molecule has 2 amide bonds. The molecule has 37 heavy (non-hydrogen) atoms. The van der Waals surface area contributed by atoms with Crippen LogP contribution in [0, 0.1) is 5.92 Å². The van der Waals surface area contributed by atoms with E-state index in [-0.39, 0.29) is 11.8 Å². The number of anilines is 1. The lowest BCUT2D eigenvalue weighted by atomic mass is 10.0. The van der Waals surface area contributed by atoms with Crippen LogP contribution in [-0.4, -0.2) is 54.4 Å². The molecule has 1 unspecified atom stereocenters. The first-order valence-corrected chi connectivity index (χ1v) is 15.4. The molecule has 0 bridgehead atoms. The van der Waals surface area contributed by atoms with Crippen LogP contribution in [0.2, 0.25) is 0 Å². The zero-order valence-electron chi connectivity index (χ0n) is 21.4. The number of para-hydroxylation sites is 1. The third-order valence-electron chi connectivity index (χ3n) is 4.32. The summed E-state index contributed by atoms with van der Waals surface area (Å²) in [6, 6.07) is 9.17. The molecule has 1 aromatic carbocycles. The van der Waals surface area contributed by atoms with Crippen molar-refractivity contribution in [2.75, 3.05) is 18.2 Å². The minimum atomic E-state index is -3.13. The summed E-state index contributed by atoms with van der Waals surface area (Å²) in [5.74, 6) is -0.850. The summed E-state index contributed by atoms with van der Waals surface area (Å²) in [5, 5.41) is 1.35.